The number of carbonyl (C=O) groups is 1. The standard InChI is InChI=1S/C24H17BrCl2N2O3/c1-31-23-11-16(4-9-22(23)32-14-15-2-5-18(25)6-3-15)10-17(13-28)24(30)29-21-12-19(26)7-8-20(21)27/h2-12H,14H2,1H3,(H,29,30)/b17-10+. The summed E-state index contributed by atoms with van der Waals surface area (Å²) in [6.07, 6.45) is 1.45. The van der Waals surface area contributed by atoms with Crippen molar-refractivity contribution in [2.75, 3.05) is 12.4 Å². The minimum atomic E-state index is -0.605. The second-order valence-corrected chi connectivity index (χ2v) is 8.33. The van der Waals surface area contributed by atoms with Crippen LogP contribution in [0.5, 0.6) is 11.5 Å². The molecule has 3 aromatic carbocycles. The number of hydrogen-bond donors (Lipinski definition) is 1. The maximum Gasteiger partial charge on any atom is 0.266 e. The van der Waals surface area contributed by atoms with Gasteiger partial charge in [0.05, 0.1) is 17.8 Å². The Morgan fingerprint density at radius 1 is 1.09 bits per heavy atom. The van der Waals surface area contributed by atoms with Crippen molar-refractivity contribution in [3.8, 4) is 17.6 Å². The molecular formula is C24H17BrCl2N2O3. The van der Waals surface area contributed by atoms with Crippen molar-refractivity contribution in [3.63, 3.8) is 0 Å². The zero-order chi connectivity index (χ0) is 23.1. The third-order valence-corrected chi connectivity index (χ3v) is 5.44. The third kappa shape index (κ3) is 6.27. The van der Waals surface area contributed by atoms with Crippen LogP contribution in [0.1, 0.15) is 11.1 Å². The zero-order valence-corrected chi connectivity index (χ0v) is 20.0. The number of halogens is 3. The van der Waals surface area contributed by atoms with E-state index in [4.69, 9.17) is 32.7 Å². The van der Waals surface area contributed by atoms with Gasteiger partial charge >= 0.3 is 0 Å². The first-order valence-electron chi connectivity index (χ1n) is 9.33. The highest BCUT2D eigenvalue weighted by Crippen LogP contribution is 2.30. The van der Waals surface area contributed by atoms with Crippen molar-refractivity contribution in [1.82, 2.24) is 0 Å². The molecule has 1 amide bonds. The lowest BCUT2D eigenvalue weighted by Crippen LogP contribution is -2.13. The van der Waals surface area contributed by atoms with Crippen LogP contribution in [0, 0.1) is 11.3 Å². The monoisotopic (exact) mass is 530 g/mol. The number of rotatable bonds is 7. The van der Waals surface area contributed by atoms with Crippen molar-refractivity contribution >= 4 is 56.8 Å². The molecule has 162 valence electrons. The number of anilines is 1. The largest absolute Gasteiger partial charge is 0.493 e. The molecule has 0 saturated carbocycles. The van der Waals surface area contributed by atoms with Crippen LogP contribution >= 0.6 is 39.1 Å². The van der Waals surface area contributed by atoms with Gasteiger partial charge in [0.25, 0.3) is 5.91 Å². The number of methoxy groups -OCH3 is 1. The molecule has 0 aliphatic rings. The molecule has 3 aromatic rings. The summed E-state index contributed by atoms with van der Waals surface area (Å²) in [5, 5.41) is 12.8. The molecule has 0 saturated heterocycles. The minimum Gasteiger partial charge on any atom is -0.493 e. The molecule has 0 aromatic heterocycles. The van der Waals surface area contributed by atoms with Crippen LogP contribution < -0.4 is 14.8 Å². The normalized spacial score (nSPS) is 10.9. The van der Waals surface area contributed by atoms with Gasteiger partial charge in [0.2, 0.25) is 0 Å². The molecule has 3 rings (SSSR count). The average Bonchev–Trinajstić information content (AvgIpc) is 2.79. The zero-order valence-electron chi connectivity index (χ0n) is 16.9. The lowest BCUT2D eigenvalue weighted by atomic mass is 10.1. The van der Waals surface area contributed by atoms with E-state index in [0.717, 1.165) is 10.0 Å². The second-order valence-electron chi connectivity index (χ2n) is 6.57. The van der Waals surface area contributed by atoms with Crippen molar-refractivity contribution in [2.24, 2.45) is 0 Å². The van der Waals surface area contributed by atoms with Gasteiger partial charge in [-0.15, -0.1) is 0 Å². The summed E-state index contributed by atoms with van der Waals surface area (Å²) >= 11 is 15.4. The van der Waals surface area contributed by atoms with E-state index in [2.05, 4.69) is 21.2 Å². The fraction of sp³-hybridized carbons (Fsp3) is 0.0833. The number of ether oxygens (including phenoxy) is 2. The summed E-state index contributed by atoms with van der Waals surface area (Å²) < 4.78 is 12.3. The first-order valence-corrected chi connectivity index (χ1v) is 10.9. The van der Waals surface area contributed by atoms with Gasteiger partial charge in [-0.25, -0.2) is 0 Å². The molecule has 0 bridgehead atoms. The number of nitriles is 1. The van der Waals surface area contributed by atoms with E-state index in [1.807, 2.05) is 30.3 Å². The fourth-order valence-corrected chi connectivity index (χ4v) is 3.33. The van der Waals surface area contributed by atoms with Gasteiger partial charge in [-0.2, -0.15) is 5.26 Å². The highest BCUT2D eigenvalue weighted by Gasteiger charge is 2.13. The Kier molecular flexibility index (Phi) is 8.18. The third-order valence-electron chi connectivity index (χ3n) is 4.35. The summed E-state index contributed by atoms with van der Waals surface area (Å²) in [4.78, 5) is 12.6. The SMILES string of the molecule is COc1cc(/C=C(\C#N)C(=O)Nc2cc(Cl)ccc2Cl)ccc1OCc1ccc(Br)cc1. The molecule has 0 fully saturated rings. The van der Waals surface area contributed by atoms with Crippen LogP contribution in [0.3, 0.4) is 0 Å². The first-order chi connectivity index (χ1) is 15.4. The topological polar surface area (TPSA) is 71.3 Å². The predicted molar refractivity (Wildman–Crippen MR) is 130 cm³/mol. The molecule has 8 heteroatoms. The van der Waals surface area contributed by atoms with E-state index < -0.39 is 5.91 Å². The number of amides is 1. The average molecular weight is 532 g/mol. The molecular weight excluding hydrogens is 515 g/mol. The van der Waals surface area contributed by atoms with E-state index in [1.54, 1.807) is 30.3 Å². The first kappa shape index (κ1) is 23.7. The van der Waals surface area contributed by atoms with E-state index in [-0.39, 0.29) is 5.57 Å². The quantitative estimate of drug-likeness (QED) is 0.266. The molecule has 32 heavy (non-hydrogen) atoms. The van der Waals surface area contributed by atoms with Crippen LogP contribution in [-0.2, 0) is 11.4 Å². The number of hydrogen-bond acceptors (Lipinski definition) is 4. The summed E-state index contributed by atoms with van der Waals surface area (Å²) in [6.45, 7) is 0.366. The molecule has 5 nitrogen and oxygen atoms in total. The van der Waals surface area contributed by atoms with E-state index in [1.165, 1.54) is 19.3 Å². The van der Waals surface area contributed by atoms with Gasteiger partial charge in [0, 0.05) is 9.50 Å². The number of nitrogens with zero attached hydrogens (tertiary/aromatic N) is 1. The molecule has 0 aliphatic heterocycles. The Balaban J connectivity index is 1.76. The second kappa shape index (κ2) is 11.1. The molecule has 0 atom stereocenters. The number of nitrogens with one attached hydrogen (secondary N) is 1. The van der Waals surface area contributed by atoms with Gasteiger partial charge < -0.3 is 14.8 Å². The van der Waals surface area contributed by atoms with Crippen LogP contribution in [0.15, 0.2) is 70.7 Å². The highest BCUT2D eigenvalue weighted by molar-refractivity contribution is 9.10. The number of carbonyl (C=O) groups excluding carboxylic acids is 1. The van der Waals surface area contributed by atoms with Crippen molar-refractivity contribution < 1.29 is 14.3 Å². The van der Waals surface area contributed by atoms with Gasteiger partial charge in [-0.1, -0.05) is 57.3 Å². The fourth-order valence-electron chi connectivity index (χ4n) is 2.73. The van der Waals surface area contributed by atoms with Crippen LogP contribution in [0.2, 0.25) is 10.0 Å². The molecule has 1 N–H and O–H groups in total. The summed E-state index contributed by atoms with van der Waals surface area (Å²) in [5.74, 6) is 0.416. The van der Waals surface area contributed by atoms with Gasteiger partial charge in [0.1, 0.15) is 18.2 Å². The summed E-state index contributed by atoms with van der Waals surface area (Å²) in [7, 11) is 1.52. The van der Waals surface area contributed by atoms with Crippen molar-refractivity contribution in [3.05, 3.63) is 91.9 Å². The maximum absolute atomic E-state index is 12.6. The Bertz CT molecular complexity index is 1200. The Morgan fingerprint density at radius 2 is 1.84 bits per heavy atom. The minimum absolute atomic E-state index is 0.105. The Morgan fingerprint density at radius 3 is 2.53 bits per heavy atom. The van der Waals surface area contributed by atoms with E-state index in [0.29, 0.717) is 39.4 Å². The Labute approximate surface area is 204 Å². The summed E-state index contributed by atoms with van der Waals surface area (Å²) in [5.41, 5.74) is 1.82. The number of benzene rings is 3. The smallest absolute Gasteiger partial charge is 0.266 e. The van der Waals surface area contributed by atoms with Crippen LogP contribution in [0.4, 0.5) is 5.69 Å². The molecule has 0 heterocycles. The predicted octanol–water partition coefficient (Wildman–Crippen LogP) is 6.89. The van der Waals surface area contributed by atoms with Crippen molar-refractivity contribution in [2.45, 2.75) is 6.61 Å². The van der Waals surface area contributed by atoms with E-state index in [9.17, 15) is 10.1 Å². The lowest BCUT2D eigenvalue weighted by Gasteiger charge is -2.12. The van der Waals surface area contributed by atoms with E-state index >= 15 is 0 Å². The molecule has 0 spiro atoms. The van der Waals surface area contributed by atoms with Crippen LogP contribution in [-0.4, -0.2) is 13.0 Å². The lowest BCUT2D eigenvalue weighted by molar-refractivity contribution is -0.112. The van der Waals surface area contributed by atoms with Crippen LogP contribution in [0.25, 0.3) is 6.08 Å². The molecule has 0 aliphatic carbocycles. The maximum atomic E-state index is 12.6. The Hall–Kier alpha value is -2.98. The molecule has 0 unspecified atom stereocenters. The summed E-state index contributed by atoms with van der Waals surface area (Å²) in [6, 6.07) is 19.5. The highest BCUT2D eigenvalue weighted by atomic mass is 79.9. The van der Waals surface area contributed by atoms with Crippen molar-refractivity contribution in [1.29, 1.82) is 5.26 Å². The van der Waals surface area contributed by atoms with Gasteiger partial charge in [0.15, 0.2) is 11.5 Å². The molecule has 0 radical (unpaired) electrons. The van der Waals surface area contributed by atoms with Gasteiger partial charge in [-0.3, -0.25) is 4.79 Å². The van der Waals surface area contributed by atoms with Gasteiger partial charge in [-0.05, 0) is 59.7 Å².